The molecule has 0 aromatic heterocycles. The molecule has 0 unspecified atom stereocenters. The van der Waals surface area contributed by atoms with E-state index in [1.807, 2.05) is 56.3 Å². The van der Waals surface area contributed by atoms with Crippen LogP contribution in [0.25, 0.3) is 5.76 Å². The largest absolute Gasteiger partial charge is 0.382 e. The maximum absolute atomic E-state index is 11.8. The first kappa shape index (κ1) is 13.1. The average Bonchev–Trinajstić information content (AvgIpc) is 2.32. The molecule has 0 fully saturated rings. The molecule has 1 heterocycles. The second-order valence-electron chi connectivity index (χ2n) is 4.67. The maximum Gasteiger partial charge on any atom is 0.311 e. The molecule has 0 radical (unpaired) electrons. The molecule has 2 rings (SSSR count). The van der Waals surface area contributed by atoms with Crippen LogP contribution in [0.3, 0.4) is 0 Å². The van der Waals surface area contributed by atoms with Gasteiger partial charge in [0.15, 0.2) is 0 Å². The lowest BCUT2D eigenvalue weighted by Gasteiger charge is -2.31. The minimum atomic E-state index is -3.51. The zero-order chi connectivity index (χ0) is 13.3. The number of hydrogen-bond donors (Lipinski definition) is 0. The molecular weight excluding hydrogens is 250 g/mol. The molecule has 5 heteroatoms. The van der Waals surface area contributed by atoms with E-state index >= 15 is 0 Å². The number of likely N-dealkylation sites (N-methyl/N-ethyl adjacent to an activating group) is 1. The van der Waals surface area contributed by atoms with Crippen LogP contribution in [-0.2, 0) is 14.3 Å². The molecule has 0 spiro atoms. The van der Waals surface area contributed by atoms with Gasteiger partial charge in [-0.25, -0.2) is 0 Å². The van der Waals surface area contributed by atoms with Gasteiger partial charge in [-0.05, 0) is 26.6 Å². The molecule has 1 aliphatic rings. The highest BCUT2D eigenvalue weighted by atomic mass is 32.2. The molecule has 98 valence electrons. The summed E-state index contributed by atoms with van der Waals surface area (Å²) in [6.45, 7) is 1.92. The lowest BCUT2D eigenvalue weighted by Crippen LogP contribution is -2.39. The summed E-state index contributed by atoms with van der Waals surface area (Å²) in [5.74, 6) is 0.461. The Kier molecular flexibility index (Phi) is 3.45. The topological polar surface area (TPSA) is 46.6 Å². The predicted molar refractivity (Wildman–Crippen MR) is 71.4 cm³/mol. The molecule has 0 N–H and O–H groups in total. The summed E-state index contributed by atoms with van der Waals surface area (Å²) >= 11 is 0. The van der Waals surface area contributed by atoms with Crippen LogP contribution in [0.15, 0.2) is 35.9 Å². The van der Waals surface area contributed by atoms with E-state index in [9.17, 15) is 8.42 Å². The van der Waals surface area contributed by atoms with Gasteiger partial charge in [-0.15, -0.1) is 0 Å². The summed E-state index contributed by atoms with van der Waals surface area (Å²) < 4.78 is 28.8. The fourth-order valence-electron chi connectivity index (χ4n) is 2.10. The lowest BCUT2D eigenvalue weighted by molar-refractivity contribution is 0.327. The lowest BCUT2D eigenvalue weighted by atomic mass is 10.0. The van der Waals surface area contributed by atoms with E-state index in [1.54, 1.807) is 0 Å². The molecule has 1 aliphatic heterocycles. The molecule has 1 aromatic rings. The Morgan fingerprint density at radius 3 is 2.39 bits per heavy atom. The van der Waals surface area contributed by atoms with Crippen LogP contribution >= 0.6 is 0 Å². The zero-order valence-corrected chi connectivity index (χ0v) is 11.6. The van der Waals surface area contributed by atoms with E-state index in [0.29, 0.717) is 5.76 Å². The van der Waals surface area contributed by atoms with Crippen molar-refractivity contribution in [3.8, 4) is 0 Å². The summed E-state index contributed by atoms with van der Waals surface area (Å²) in [6.07, 6.45) is 0. The Morgan fingerprint density at radius 2 is 1.83 bits per heavy atom. The number of rotatable bonds is 2. The molecule has 0 aliphatic carbocycles. The molecule has 0 saturated carbocycles. The summed E-state index contributed by atoms with van der Waals surface area (Å²) in [5, 5.41) is 0. The Labute approximate surface area is 108 Å². The summed E-state index contributed by atoms with van der Waals surface area (Å²) in [6, 6.07) is 9.19. The SMILES string of the molecule is CC1=C(c2ccccc2)OS(=O)(=O)C[C@@H]1N(C)C. The number of hydrogen-bond acceptors (Lipinski definition) is 4. The van der Waals surface area contributed by atoms with Crippen molar-refractivity contribution in [3.63, 3.8) is 0 Å². The first-order valence-corrected chi connectivity index (χ1v) is 7.33. The Balaban J connectivity index is 2.52. The Hall–Kier alpha value is -1.33. The van der Waals surface area contributed by atoms with Crippen LogP contribution < -0.4 is 0 Å². The van der Waals surface area contributed by atoms with Crippen LogP contribution in [0.2, 0.25) is 0 Å². The highest BCUT2D eigenvalue weighted by molar-refractivity contribution is 7.87. The van der Waals surface area contributed by atoms with Crippen LogP contribution in [0, 0.1) is 0 Å². The van der Waals surface area contributed by atoms with E-state index in [-0.39, 0.29) is 11.8 Å². The molecular formula is C13H17NO3S. The third-order valence-electron chi connectivity index (χ3n) is 3.09. The van der Waals surface area contributed by atoms with Gasteiger partial charge in [0, 0.05) is 5.56 Å². The third-order valence-corrected chi connectivity index (χ3v) is 4.23. The molecule has 1 atom stereocenters. The van der Waals surface area contributed by atoms with E-state index in [1.165, 1.54) is 0 Å². The Morgan fingerprint density at radius 1 is 1.22 bits per heavy atom. The van der Waals surface area contributed by atoms with Crippen LogP contribution in [0.4, 0.5) is 0 Å². The Bertz CT molecular complexity index is 561. The van der Waals surface area contributed by atoms with Gasteiger partial charge in [0.1, 0.15) is 11.5 Å². The van der Waals surface area contributed by atoms with E-state index < -0.39 is 10.1 Å². The van der Waals surface area contributed by atoms with Gasteiger partial charge in [-0.3, -0.25) is 0 Å². The van der Waals surface area contributed by atoms with Crippen molar-refractivity contribution in [1.82, 2.24) is 4.90 Å². The molecule has 0 saturated heterocycles. The van der Waals surface area contributed by atoms with Gasteiger partial charge >= 0.3 is 10.1 Å². The average molecular weight is 267 g/mol. The first-order valence-electron chi connectivity index (χ1n) is 5.75. The van der Waals surface area contributed by atoms with Gasteiger partial charge in [0.25, 0.3) is 0 Å². The fourth-order valence-corrected chi connectivity index (χ4v) is 3.58. The maximum atomic E-state index is 11.8. The summed E-state index contributed by atoms with van der Waals surface area (Å²) in [5.41, 5.74) is 1.74. The van der Waals surface area contributed by atoms with Crippen molar-refractivity contribution in [2.45, 2.75) is 13.0 Å². The van der Waals surface area contributed by atoms with Crippen LogP contribution in [0.5, 0.6) is 0 Å². The highest BCUT2D eigenvalue weighted by Crippen LogP contribution is 2.30. The standard InChI is InChI=1S/C13H17NO3S/c1-10-12(14(2)3)9-18(15,16)17-13(10)11-7-5-4-6-8-11/h4-8,12H,9H2,1-3H3/t12-/m0/s1. The van der Waals surface area contributed by atoms with Crippen molar-refractivity contribution >= 4 is 15.9 Å². The van der Waals surface area contributed by atoms with Gasteiger partial charge in [-0.2, -0.15) is 8.42 Å². The molecule has 1 aromatic carbocycles. The van der Waals surface area contributed by atoms with Gasteiger partial charge < -0.3 is 9.08 Å². The van der Waals surface area contributed by atoms with Crippen LogP contribution in [-0.4, -0.2) is 39.2 Å². The van der Waals surface area contributed by atoms with E-state index in [2.05, 4.69) is 0 Å². The van der Waals surface area contributed by atoms with Crippen molar-refractivity contribution in [1.29, 1.82) is 0 Å². The summed E-state index contributed by atoms with van der Waals surface area (Å²) in [4.78, 5) is 1.90. The minimum Gasteiger partial charge on any atom is -0.382 e. The smallest absolute Gasteiger partial charge is 0.311 e. The normalized spacial score (nSPS) is 23.0. The van der Waals surface area contributed by atoms with Crippen LogP contribution in [0.1, 0.15) is 12.5 Å². The van der Waals surface area contributed by atoms with Gasteiger partial charge in [0.05, 0.1) is 6.04 Å². The quantitative estimate of drug-likeness (QED) is 0.765. The number of benzene rings is 1. The van der Waals surface area contributed by atoms with Crippen molar-refractivity contribution < 1.29 is 12.6 Å². The highest BCUT2D eigenvalue weighted by Gasteiger charge is 2.33. The molecule has 0 amide bonds. The van der Waals surface area contributed by atoms with Gasteiger partial charge in [0.2, 0.25) is 0 Å². The summed E-state index contributed by atoms with van der Waals surface area (Å²) in [7, 11) is 0.239. The van der Waals surface area contributed by atoms with E-state index in [0.717, 1.165) is 11.1 Å². The molecule has 4 nitrogen and oxygen atoms in total. The number of nitrogens with zero attached hydrogens (tertiary/aromatic N) is 1. The first-order chi connectivity index (χ1) is 8.41. The van der Waals surface area contributed by atoms with Crippen molar-refractivity contribution in [3.05, 3.63) is 41.5 Å². The fraction of sp³-hybridized carbons (Fsp3) is 0.385. The second kappa shape index (κ2) is 4.74. The third kappa shape index (κ3) is 2.57. The molecule has 0 bridgehead atoms. The monoisotopic (exact) mass is 267 g/mol. The predicted octanol–water partition coefficient (Wildman–Crippen LogP) is 1.71. The van der Waals surface area contributed by atoms with E-state index in [4.69, 9.17) is 4.18 Å². The van der Waals surface area contributed by atoms with Crippen molar-refractivity contribution in [2.75, 3.05) is 19.8 Å². The second-order valence-corrected chi connectivity index (χ2v) is 6.28. The van der Waals surface area contributed by atoms with Gasteiger partial charge in [-0.1, -0.05) is 30.3 Å². The van der Waals surface area contributed by atoms with Crippen molar-refractivity contribution in [2.24, 2.45) is 0 Å². The zero-order valence-electron chi connectivity index (χ0n) is 10.8. The molecule has 18 heavy (non-hydrogen) atoms. The minimum absolute atomic E-state index is 0.00215.